The monoisotopic (exact) mass is 1030 g/mol. The van der Waals surface area contributed by atoms with E-state index in [4.69, 9.17) is 0 Å². The molecule has 11 aromatic rings. The molecule has 4 heterocycles. The minimum atomic E-state index is -0.226. The van der Waals surface area contributed by atoms with Gasteiger partial charge >= 0.3 is 6.85 Å². The highest BCUT2D eigenvalue weighted by Crippen LogP contribution is 2.64. The van der Waals surface area contributed by atoms with Crippen molar-refractivity contribution in [2.45, 2.75) is 107 Å². The molecule has 2 aromatic heterocycles. The topological polar surface area (TPSA) is 8.17 Å². The third-order valence-corrected chi connectivity index (χ3v) is 24.5. The van der Waals surface area contributed by atoms with Gasteiger partial charge in [0.25, 0.3) is 0 Å². The molecular weight excluding hydrogens is 972 g/mol. The number of rotatable bonds is 4. The summed E-state index contributed by atoms with van der Waals surface area (Å²) in [5.41, 5.74) is 24.5. The lowest BCUT2D eigenvalue weighted by molar-refractivity contribution is -0.00526. The summed E-state index contributed by atoms with van der Waals surface area (Å²) in [6, 6.07) is 65.8. The molecule has 0 unspecified atom stereocenters. The fraction of sp³-hybridized carbons (Fsp3) is 0.307. The molecule has 2 nitrogen and oxygen atoms in total. The van der Waals surface area contributed by atoms with Crippen LogP contribution in [-0.4, -0.2) is 11.4 Å². The quantitative estimate of drug-likeness (QED) is 0.160. The summed E-state index contributed by atoms with van der Waals surface area (Å²) >= 11 is 1.98. The molecule has 79 heavy (non-hydrogen) atoms. The van der Waals surface area contributed by atoms with E-state index in [-0.39, 0.29) is 17.7 Å². The predicted molar refractivity (Wildman–Crippen MR) is 333 cm³/mol. The average Bonchev–Trinajstić information content (AvgIpc) is 3.56. The second-order valence-electron chi connectivity index (χ2n) is 28.1. The van der Waals surface area contributed by atoms with Gasteiger partial charge in [-0.25, -0.2) is 0 Å². The third-order valence-electron chi connectivity index (χ3n) is 23.4. The molecule has 8 saturated carbocycles. The SMILES string of the molecule is CC1(C)c2ccccc2-c2cc3c4c(c21)-n1c2ccc(C56CC7CC(CC(C7)C5)C6)cc2c2cc(C56CC7CC(CC(C7)C5)C6)cc(c21)B4N(c1ccc(-c2ccccc2)cc1)c1cc2sc4cc5ccccc5cc4c2cc1-3. The van der Waals surface area contributed by atoms with E-state index in [1.54, 1.807) is 11.1 Å². The molecule has 8 fully saturated rings. The second kappa shape index (κ2) is 14.9. The van der Waals surface area contributed by atoms with Crippen molar-refractivity contribution >= 4 is 93.2 Å². The molecule has 9 aromatic carbocycles. The van der Waals surface area contributed by atoms with Crippen molar-refractivity contribution in [1.82, 2.24) is 4.57 Å². The Kier molecular flexibility index (Phi) is 8.30. The number of hydrogen-bond donors (Lipinski definition) is 0. The molecule has 0 amide bonds. The van der Waals surface area contributed by atoms with Crippen molar-refractivity contribution in [2.24, 2.45) is 35.5 Å². The smallest absolute Gasteiger partial charge is 0.333 e. The highest BCUT2D eigenvalue weighted by Gasteiger charge is 2.55. The summed E-state index contributed by atoms with van der Waals surface area (Å²) in [5.74, 6) is 5.30. The molecule has 0 atom stereocenters. The van der Waals surface area contributed by atoms with Crippen LogP contribution in [0.3, 0.4) is 0 Å². The largest absolute Gasteiger partial charge is 0.376 e. The van der Waals surface area contributed by atoms with Crippen molar-refractivity contribution in [1.29, 1.82) is 0 Å². The number of aromatic nitrogens is 1. The first-order chi connectivity index (χ1) is 38.7. The van der Waals surface area contributed by atoms with Gasteiger partial charge in [-0.1, -0.05) is 117 Å². The standard InChI is InChI=1S/C75H63BN2S/c1-73(2)63-15-9-8-14-55(63)60-34-61-57-33-59-58-28-50-12-6-7-13-51(50)29-67(58)79-68(59)35-66(57)78(54-19-16-49(17-20-54)48-10-4-3-5-11-48)76-64-32-53(75-39-45-25-46(40-75)27-47(26-45)41-75)31-62-56-30-52(74-36-42-22-43(37-74)24-44(23-42)38-74)18-21-65(56)77(71(62)64)72(69(60)73)70(61)76/h3-21,28-35,42-47H,22-27,36-41H2,1-2H3. The van der Waals surface area contributed by atoms with Crippen molar-refractivity contribution in [3.63, 3.8) is 0 Å². The zero-order chi connectivity index (χ0) is 51.4. The zero-order valence-corrected chi connectivity index (χ0v) is 46.2. The first-order valence-corrected chi connectivity index (χ1v) is 31.3. The molecular formula is C75H63BN2S. The van der Waals surface area contributed by atoms with Gasteiger partial charge in [0, 0.05) is 59.0 Å². The minimum absolute atomic E-state index is 0.0462. The number of anilines is 2. The van der Waals surface area contributed by atoms with Crippen molar-refractivity contribution in [3.05, 3.63) is 186 Å². The van der Waals surface area contributed by atoms with Gasteiger partial charge in [-0.2, -0.15) is 0 Å². The normalized spacial score (nSPS) is 27.7. The third kappa shape index (κ3) is 5.70. The van der Waals surface area contributed by atoms with Gasteiger partial charge in [0.15, 0.2) is 0 Å². The molecule has 0 spiro atoms. The first-order valence-electron chi connectivity index (χ1n) is 30.5. The molecule has 382 valence electrons. The summed E-state index contributed by atoms with van der Waals surface area (Å²) in [4.78, 5) is 2.86. The Morgan fingerprint density at radius 2 is 1.06 bits per heavy atom. The van der Waals surface area contributed by atoms with Gasteiger partial charge in [-0.15, -0.1) is 11.3 Å². The lowest BCUT2D eigenvalue weighted by atomic mass is 9.42. The van der Waals surface area contributed by atoms with Gasteiger partial charge < -0.3 is 9.38 Å². The van der Waals surface area contributed by atoms with E-state index >= 15 is 0 Å². The Morgan fingerprint density at radius 1 is 0.468 bits per heavy atom. The van der Waals surface area contributed by atoms with Crippen molar-refractivity contribution in [2.75, 3.05) is 4.81 Å². The van der Waals surface area contributed by atoms with Gasteiger partial charge in [-0.3, -0.25) is 0 Å². The lowest BCUT2D eigenvalue weighted by Crippen LogP contribution is -2.61. The summed E-state index contributed by atoms with van der Waals surface area (Å²) in [5, 5.41) is 8.37. The fourth-order valence-electron chi connectivity index (χ4n) is 21.1. The van der Waals surface area contributed by atoms with Crippen LogP contribution < -0.4 is 15.7 Å². The molecule has 8 bridgehead atoms. The first kappa shape index (κ1) is 43.9. The van der Waals surface area contributed by atoms with Crippen LogP contribution in [0.1, 0.15) is 113 Å². The van der Waals surface area contributed by atoms with Crippen LogP contribution in [-0.2, 0) is 16.2 Å². The summed E-state index contributed by atoms with van der Waals surface area (Å²) < 4.78 is 5.61. The maximum absolute atomic E-state index is 2.89. The van der Waals surface area contributed by atoms with Crippen LogP contribution in [0, 0.1) is 35.5 Å². The molecule has 22 rings (SSSR count). The maximum Gasteiger partial charge on any atom is 0.333 e. The lowest BCUT2D eigenvalue weighted by Gasteiger charge is -2.57. The van der Waals surface area contributed by atoms with Crippen LogP contribution in [0.15, 0.2) is 164 Å². The van der Waals surface area contributed by atoms with Crippen LogP contribution in [0.4, 0.5) is 11.4 Å². The number of benzene rings is 9. The molecule has 2 aliphatic heterocycles. The van der Waals surface area contributed by atoms with E-state index in [0.717, 1.165) is 35.5 Å². The van der Waals surface area contributed by atoms with Crippen LogP contribution in [0.25, 0.3) is 91.8 Å². The van der Waals surface area contributed by atoms with Crippen LogP contribution >= 0.6 is 11.3 Å². The van der Waals surface area contributed by atoms with E-state index in [0.29, 0.717) is 5.41 Å². The number of fused-ring (bicyclic) bond motifs is 15. The second-order valence-corrected chi connectivity index (χ2v) is 29.1. The van der Waals surface area contributed by atoms with E-state index in [9.17, 15) is 0 Å². The van der Waals surface area contributed by atoms with Gasteiger partial charge in [-0.05, 0) is 256 Å². The van der Waals surface area contributed by atoms with E-state index < -0.39 is 0 Å². The Labute approximate surface area is 467 Å². The predicted octanol–water partition coefficient (Wildman–Crippen LogP) is 18.5. The van der Waals surface area contributed by atoms with E-state index in [1.807, 2.05) is 11.3 Å². The van der Waals surface area contributed by atoms with E-state index in [1.165, 1.54) is 202 Å². The van der Waals surface area contributed by atoms with E-state index in [2.05, 4.69) is 187 Å². The molecule has 0 radical (unpaired) electrons. The van der Waals surface area contributed by atoms with Crippen molar-refractivity contribution < 1.29 is 0 Å². The Hall–Kier alpha value is -6.88. The summed E-state index contributed by atoms with van der Waals surface area (Å²) in [6.45, 7) is 5.03. The molecule has 0 N–H and O–H groups in total. The van der Waals surface area contributed by atoms with Crippen molar-refractivity contribution in [3.8, 4) is 39.1 Å². The van der Waals surface area contributed by atoms with Gasteiger partial charge in [0.1, 0.15) is 0 Å². The Balaban J connectivity index is 0.933. The number of thiophene rings is 1. The number of nitrogens with zero attached hydrogens (tertiary/aromatic N) is 2. The van der Waals surface area contributed by atoms with Crippen LogP contribution in [0.5, 0.6) is 0 Å². The Morgan fingerprint density at radius 3 is 1.77 bits per heavy atom. The van der Waals surface area contributed by atoms with Crippen LogP contribution in [0.2, 0.25) is 0 Å². The average molecular weight is 1040 g/mol. The molecule has 9 aliphatic carbocycles. The number of hydrogen-bond acceptors (Lipinski definition) is 2. The summed E-state index contributed by atoms with van der Waals surface area (Å²) in [7, 11) is 0. The summed E-state index contributed by atoms with van der Waals surface area (Å²) in [6.07, 6.45) is 17.0. The minimum Gasteiger partial charge on any atom is -0.376 e. The van der Waals surface area contributed by atoms with Gasteiger partial charge in [0.2, 0.25) is 0 Å². The molecule has 4 heteroatoms. The highest BCUT2D eigenvalue weighted by molar-refractivity contribution is 7.26. The Bertz CT molecular complexity index is 4480. The molecule has 0 saturated heterocycles. The fourth-order valence-corrected chi connectivity index (χ4v) is 22.2. The maximum atomic E-state index is 2.89. The molecule has 11 aliphatic rings. The zero-order valence-electron chi connectivity index (χ0n) is 45.4. The van der Waals surface area contributed by atoms with Gasteiger partial charge in [0.05, 0.1) is 11.0 Å². The highest BCUT2D eigenvalue weighted by atomic mass is 32.1.